The zero-order valence-corrected chi connectivity index (χ0v) is 11.2. The van der Waals surface area contributed by atoms with Crippen LogP contribution in [0, 0.1) is 12.8 Å². The van der Waals surface area contributed by atoms with Crippen molar-refractivity contribution in [2.75, 3.05) is 0 Å². The van der Waals surface area contributed by atoms with E-state index in [1.54, 1.807) is 0 Å². The average molecular weight is 249 g/mol. The third-order valence-electron chi connectivity index (χ3n) is 3.63. The Morgan fingerprint density at radius 1 is 1.47 bits per heavy atom. The minimum absolute atomic E-state index is 0.0319. The van der Waals surface area contributed by atoms with Gasteiger partial charge in [-0.25, -0.2) is 4.98 Å². The number of alkyl halides is 1. The molecule has 2 nitrogen and oxygen atoms in total. The number of hydrogen-bond acceptors (Lipinski definition) is 1. The molecule has 1 saturated carbocycles. The molecule has 0 spiro atoms. The van der Waals surface area contributed by atoms with Gasteiger partial charge in [-0.15, -0.1) is 11.6 Å². The van der Waals surface area contributed by atoms with Crippen LogP contribution in [0.2, 0.25) is 0 Å². The topological polar surface area (TPSA) is 17.8 Å². The highest BCUT2D eigenvalue weighted by molar-refractivity contribution is 6.20. The number of aromatic nitrogens is 2. The molecule has 0 aliphatic heterocycles. The molecule has 0 N–H and O–H groups in total. The molecule has 1 fully saturated rings. The first kappa shape index (κ1) is 11.1. The zero-order chi connectivity index (χ0) is 12.2. The molecular formula is C14H17ClN2. The predicted octanol–water partition coefficient (Wildman–Crippen LogP) is 4.23. The van der Waals surface area contributed by atoms with Gasteiger partial charge < -0.3 is 4.57 Å². The van der Waals surface area contributed by atoms with Gasteiger partial charge in [-0.05, 0) is 43.9 Å². The van der Waals surface area contributed by atoms with E-state index in [4.69, 9.17) is 16.6 Å². The fourth-order valence-corrected chi connectivity index (χ4v) is 2.67. The summed E-state index contributed by atoms with van der Waals surface area (Å²) in [7, 11) is 0. The van der Waals surface area contributed by atoms with Crippen molar-refractivity contribution in [2.24, 2.45) is 5.92 Å². The van der Waals surface area contributed by atoms with Crippen LogP contribution < -0.4 is 0 Å². The predicted molar refractivity (Wildman–Crippen MR) is 71.6 cm³/mol. The van der Waals surface area contributed by atoms with Gasteiger partial charge in [-0.2, -0.15) is 0 Å². The fraction of sp³-hybridized carbons (Fsp3) is 0.500. The third kappa shape index (κ3) is 1.75. The van der Waals surface area contributed by atoms with Crippen molar-refractivity contribution in [1.29, 1.82) is 0 Å². The molecule has 3 rings (SSSR count). The molecule has 1 aromatic carbocycles. The van der Waals surface area contributed by atoms with Crippen molar-refractivity contribution in [3.05, 3.63) is 29.6 Å². The van der Waals surface area contributed by atoms with Crippen molar-refractivity contribution >= 4 is 22.6 Å². The van der Waals surface area contributed by atoms with Gasteiger partial charge in [-0.3, -0.25) is 0 Å². The van der Waals surface area contributed by atoms with E-state index in [1.165, 1.54) is 17.5 Å². The number of hydrogen-bond donors (Lipinski definition) is 0. The molecular weight excluding hydrogens is 232 g/mol. The number of rotatable bonds is 2. The molecule has 1 aliphatic rings. The summed E-state index contributed by atoms with van der Waals surface area (Å²) in [6, 6.07) is 7.06. The van der Waals surface area contributed by atoms with Gasteiger partial charge in [0.25, 0.3) is 0 Å². The van der Waals surface area contributed by atoms with Crippen molar-refractivity contribution in [2.45, 2.75) is 38.6 Å². The second kappa shape index (κ2) is 3.74. The van der Waals surface area contributed by atoms with Gasteiger partial charge in [0.2, 0.25) is 0 Å². The summed E-state index contributed by atoms with van der Waals surface area (Å²) < 4.78 is 2.34. The Labute approximate surface area is 107 Å². The van der Waals surface area contributed by atoms with E-state index in [2.05, 4.69) is 36.6 Å². The first-order valence-electron chi connectivity index (χ1n) is 6.20. The number of nitrogens with zero attached hydrogens (tertiary/aromatic N) is 2. The van der Waals surface area contributed by atoms with Crippen LogP contribution in [0.25, 0.3) is 11.0 Å². The van der Waals surface area contributed by atoms with E-state index in [-0.39, 0.29) is 5.38 Å². The van der Waals surface area contributed by atoms with E-state index in [0.717, 1.165) is 17.3 Å². The Kier molecular flexibility index (Phi) is 2.44. The number of imidazole rings is 1. The Hall–Kier alpha value is -1.02. The average Bonchev–Trinajstić information content (AvgIpc) is 2.86. The van der Waals surface area contributed by atoms with E-state index in [0.29, 0.717) is 6.04 Å². The van der Waals surface area contributed by atoms with Crippen molar-refractivity contribution < 1.29 is 0 Å². The maximum Gasteiger partial charge on any atom is 0.127 e. The van der Waals surface area contributed by atoms with Crippen molar-refractivity contribution in [3.63, 3.8) is 0 Å². The second-order valence-electron chi connectivity index (χ2n) is 5.23. The quantitative estimate of drug-likeness (QED) is 0.728. The van der Waals surface area contributed by atoms with Crippen LogP contribution in [0.1, 0.15) is 43.1 Å². The molecule has 0 amide bonds. The maximum atomic E-state index is 6.26. The number of aryl methyl sites for hydroxylation is 1. The Balaban J connectivity index is 2.24. The summed E-state index contributed by atoms with van der Waals surface area (Å²) >= 11 is 6.26. The molecule has 0 radical (unpaired) electrons. The minimum atomic E-state index is -0.0319. The van der Waals surface area contributed by atoms with E-state index in [9.17, 15) is 0 Å². The van der Waals surface area contributed by atoms with Crippen LogP contribution in [0.15, 0.2) is 18.2 Å². The van der Waals surface area contributed by atoms with Gasteiger partial charge in [0, 0.05) is 6.04 Å². The van der Waals surface area contributed by atoms with Crippen molar-refractivity contribution in [3.8, 4) is 0 Å². The lowest BCUT2D eigenvalue weighted by atomic mass is 10.2. The molecule has 1 aliphatic carbocycles. The summed E-state index contributed by atoms with van der Waals surface area (Å²) in [4.78, 5) is 4.70. The first-order chi connectivity index (χ1) is 8.08. The fourth-order valence-electron chi connectivity index (χ4n) is 2.52. The monoisotopic (exact) mass is 248 g/mol. The molecule has 0 bridgehead atoms. The van der Waals surface area contributed by atoms with Gasteiger partial charge >= 0.3 is 0 Å². The van der Waals surface area contributed by atoms with Crippen molar-refractivity contribution in [1.82, 2.24) is 9.55 Å². The lowest BCUT2D eigenvalue weighted by molar-refractivity contribution is 0.659. The van der Waals surface area contributed by atoms with Crippen LogP contribution >= 0.6 is 11.6 Å². The Morgan fingerprint density at radius 2 is 2.18 bits per heavy atom. The van der Waals surface area contributed by atoms with Crippen LogP contribution in [0.4, 0.5) is 0 Å². The van der Waals surface area contributed by atoms with Crippen LogP contribution in [0.5, 0.6) is 0 Å². The molecule has 1 aromatic heterocycles. The van der Waals surface area contributed by atoms with Gasteiger partial charge in [0.15, 0.2) is 0 Å². The molecule has 17 heavy (non-hydrogen) atoms. The van der Waals surface area contributed by atoms with Crippen LogP contribution in [0.3, 0.4) is 0 Å². The highest BCUT2D eigenvalue weighted by Crippen LogP contribution is 2.46. The highest BCUT2D eigenvalue weighted by Gasteiger charge is 2.37. The summed E-state index contributed by atoms with van der Waals surface area (Å²) in [5, 5.41) is -0.0319. The summed E-state index contributed by atoms with van der Waals surface area (Å²) in [6.45, 7) is 6.38. The van der Waals surface area contributed by atoms with Gasteiger partial charge in [-0.1, -0.05) is 13.0 Å². The normalized spacial score (nSPS) is 25.2. The number of halogens is 1. The highest BCUT2D eigenvalue weighted by atomic mass is 35.5. The molecule has 0 saturated heterocycles. The molecule has 3 heteroatoms. The van der Waals surface area contributed by atoms with E-state index >= 15 is 0 Å². The third-order valence-corrected chi connectivity index (χ3v) is 3.82. The van der Waals surface area contributed by atoms with Gasteiger partial charge in [0.05, 0.1) is 16.4 Å². The van der Waals surface area contributed by atoms with Crippen LogP contribution in [-0.4, -0.2) is 9.55 Å². The van der Waals surface area contributed by atoms with E-state index in [1.807, 2.05) is 6.92 Å². The molecule has 1 heterocycles. The number of benzene rings is 1. The van der Waals surface area contributed by atoms with E-state index < -0.39 is 0 Å². The number of fused-ring (bicyclic) bond motifs is 1. The Bertz CT molecular complexity index is 571. The molecule has 3 unspecified atom stereocenters. The lowest BCUT2D eigenvalue weighted by Crippen LogP contribution is -2.03. The Morgan fingerprint density at radius 3 is 2.76 bits per heavy atom. The summed E-state index contributed by atoms with van der Waals surface area (Å²) in [5.74, 6) is 1.77. The molecule has 3 atom stereocenters. The zero-order valence-electron chi connectivity index (χ0n) is 10.4. The van der Waals surface area contributed by atoms with Gasteiger partial charge in [0.1, 0.15) is 5.82 Å². The summed E-state index contributed by atoms with van der Waals surface area (Å²) in [5.41, 5.74) is 3.55. The maximum absolute atomic E-state index is 6.26. The molecule has 90 valence electrons. The standard InChI is InChI=1S/C14H17ClN2/c1-8-4-5-12-11(6-8)16-14(10(3)15)17(12)13-7-9(13)2/h4-6,9-10,13H,7H2,1-3H3. The molecule has 2 aromatic rings. The lowest BCUT2D eigenvalue weighted by Gasteiger charge is -2.09. The second-order valence-corrected chi connectivity index (χ2v) is 5.88. The minimum Gasteiger partial charge on any atom is -0.323 e. The van der Waals surface area contributed by atoms with Crippen LogP contribution in [-0.2, 0) is 0 Å². The smallest absolute Gasteiger partial charge is 0.127 e. The first-order valence-corrected chi connectivity index (χ1v) is 6.64. The summed E-state index contributed by atoms with van der Waals surface area (Å²) in [6.07, 6.45) is 1.25. The largest absolute Gasteiger partial charge is 0.323 e. The SMILES string of the molecule is Cc1ccc2c(c1)nc(C(C)Cl)n2C1CC1C.